The number of hydrogen-bond donors (Lipinski definition) is 0. The Morgan fingerprint density at radius 2 is 1.97 bits per heavy atom. The molecule has 0 atom stereocenters. The number of thiophene rings is 1. The van der Waals surface area contributed by atoms with E-state index in [2.05, 4.69) is 41.1 Å². The zero-order valence-corrected chi connectivity index (χ0v) is 18.4. The van der Waals surface area contributed by atoms with Gasteiger partial charge in [0.05, 0.1) is 4.88 Å². The minimum absolute atomic E-state index is 0.135. The first kappa shape index (κ1) is 20.8. The van der Waals surface area contributed by atoms with Crippen LogP contribution in [0.1, 0.15) is 39.2 Å². The Balaban J connectivity index is 1.37. The molecule has 1 aliphatic heterocycles. The van der Waals surface area contributed by atoms with Crippen LogP contribution in [0.15, 0.2) is 66.3 Å². The van der Waals surface area contributed by atoms with Crippen LogP contribution in [0.3, 0.4) is 0 Å². The lowest BCUT2D eigenvalue weighted by Crippen LogP contribution is -2.40. The van der Waals surface area contributed by atoms with Gasteiger partial charge in [0.1, 0.15) is 0 Å². The highest BCUT2D eigenvalue weighted by Gasteiger charge is 2.25. The van der Waals surface area contributed by atoms with Crippen LogP contribution >= 0.6 is 11.3 Å². The number of nitrogens with zero attached hydrogens (tertiary/aromatic N) is 3. The molecule has 4 nitrogen and oxygen atoms in total. The molecule has 1 aliphatic rings. The molecule has 30 heavy (non-hydrogen) atoms. The summed E-state index contributed by atoms with van der Waals surface area (Å²) in [4.78, 5) is 22.7. The molecule has 3 heterocycles. The number of amides is 1. The Labute approximate surface area is 183 Å². The highest BCUT2D eigenvalue weighted by Crippen LogP contribution is 2.23. The average Bonchev–Trinajstić information content (AvgIpc) is 3.31. The first-order valence-electron chi connectivity index (χ1n) is 10.7. The second kappa shape index (κ2) is 10.0. The fraction of sp³-hybridized carbons (Fsp3) is 0.360. The third kappa shape index (κ3) is 5.35. The summed E-state index contributed by atoms with van der Waals surface area (Å²) in [5.41, 5.74) is 3.87. The Bertz CT molecular complexity index is 934. The number of carbonyl (C=O) groups is 1. The molecule has 5 heteroatoms. The smallest absolute Gasteiger partial charge is 0.264 e. The number of piperidine rings is 1. The maximum Gasteiger partial charge on any atom is 0.264 e. The number of hydrogen-bond acceptors (Lipinski definition) is 4. The third-order valence-electron chi connectivity index (χ3n) is 5.96. The summed E-state index contributed by atoms with van der Waals surface area (Å²) in [5.74, 6) is 0.676. The lowest BCUT2D eigenvalue weighted by atomic mass is 9.95. The number of aryl methyl sites for hydroxylation is 1. The number of carbonyl (C=O) groups excluding carboxylic acids is 1. The summed E-state index contributed by atoms with van der Waals surface area (Å²) in [6.07, 6.45) is 5.90. The monoisotopic (exact) mass is 419 g/mol. The van der Waals surface area contributed by atoms with Crippen molar-refractivity contribution in [2.24, 2.45) is 5.92 Å². The van der Waals surface area contributed by atoms with E-state index in [1.54, 1.807) is 6.20 Å². The van der Waals surface area contributed by atoms with Gasteiger partial charge in [-0.15, -0.1) is 11.3 Å². The van der Waals surface area contributed by atoms with Crippen LogP contribution in [-0.4, -0.2) is 40.3 Å². The lowest BCUT2D eigenvalue weighted by molar-refractivity contribution is 0.0676. The molecule has 4 rings (SSSR count). The van der Waals surface area contributed by atoms with Crippen molar-refractivity contribution in [3.63, 3.8) is 0 Å². The largest absolute Gasteiger partial charge is 0.333 e. The van der Waals surface area contributed by atoms with Crippen molar-refractivity contribution in [1.29, 1.82) is 0 Å². The van der Waals surface area contributed by atoms with Crippen molar-refractivity contribution in [3.05, 3.63) is 87.9 Å². The molecule has 1 saturated heterocycles. The lowest BCUT2D eigenvalue weighted by Gasteiger charge is -2.35. The molecule has 0 bridgehead atoms. The molecule has 0 N–H and O–H groups in total. The van der Waals surface area contributed by atoms with Crippen molar-refractivity contribution < 1.29 is 4.79 Å². The number of likely N-dealkylation sites (tertiary alicyclic amines) is 1. The summed E-state index contributed by atoms with van der Waals surface area (Å²) in [6, 6.07) is 16.5. The molecule has 156 valence electrons. The van der Waals surface area contributed by atoms with E-state index in [9.17, 15) is 4.79 Å². The van der Waals surface area contributed by atoms with Crippen LogP contribution in [0.5, 0.6) is 0 Å². The molecule has 1 aromatic carbocycles. The van der Waals surface area contributed by atoms with Gasteiger partial charge in [0.15, 0.2) is 0 Å². The normalized spacial score (nSPS) is 15.2. The predicted octanol–water partition coefficient (Wildman–Crippen LogP) is 5.01. The van der Waals surface area contributed by atoms with Gasteiger partial charge in [-0.3, -0.25) is 14.7 Å². The van der Waals surface area contributed by atoms with Gasteiger partial charge in [0, 0.05) is 32.0 Å². The van der Waals surface area contributed by atoms with Crippen LogP contribution in [0.2, 0.25) is 0 Å². The van der Waals surface area contributed by atoms with Crippen molar-refractivity contribution in [2.75, 3.05) is 19.6 Å². The first-order valence-corrected chi connectivity index (χ1v) is 11.6. The first-order chi connectivity index (χ1) is 14.7. The minimum Gasteiger partial charge on any atom is -0.333 e. The van der Waals surface area contributed by atoms with Gasteiger partial charge in [-0.25, -0.2) is 0 Å². The highest BCUT2D eigenvalue weighted by atomic mass is 32.1. The van der Waals surface area contributed by atoms with Crippen molar-refractivity contribution in [2.45, 2.75) is 32.9 Å². The molecule has 0 unspecified atom stereocenters. The zero-order chi connectivity index (χ0) is 20.8. The maximum atomic E-state index is 13.1. The number of aromatic nitrogens is 1. The summed E-state index contributed by atoms with van der Waals surface area (Å²) < 4.78 is 0. The SMILES string of the molecule is Cc1ccccc1CN1CCC(CN(Cc2cccnc2)C(=O)c2cccs2)CC1. The van der Waals surface area contributed by atoms with E-state index < -0.39 is 0 Å². The van der Waals surface area contributed by atoms with Crippen molar-refractivity contribution in [1.82, 2.24) is 14.8 Å². The van der Waals surface area contributed by atoms with Gasteiger partial charge >= 0.3 is 0 Å². The number of rotatable bonds is 7. The second-order valence-corrected chi connectivity index (χ2v) is 9.12. The predicted molar refractivity (Wildman–Crippen MR) is 122 cm³/mol. The molecule has 1 amide bonds. The molecule has 2 aromatic heterocycles. The molecule has 0 saturated carbocycles. The zero-order valence-electron chi connectivity index (χ0n) is 17.5. The van der Waals surface area contributed by atoms with Crippen LogP contribution in [0, 0.1) is 12.8 Å². The van der Waals surface area contributed by atoms with Gasteiger partial charge < -0.3 is 4.90 Å². The Hall–Kier alpha value is -2.50. The van der Waals surface area contributed by atoms with E-state index in [1.807, 2.05) is 40.7 Å². The van der Waals surface area contributed by atoms with Gasteiger partial charge in [0.2, 0.25) is 0 Å². The minimum atomic E-state index is 0.135. The average molecular weight is 420 g/mol. The molecular formula is C25H29N3OS. The molecular weight excluding hydrogens is 390 g/mol. The summed E-state index contributed by atoms with van der Waals surface area (Å²) in [5, 5.41) is 1.97. The summed E-state index contributed by atoms with van der Waals surface area (Å²) in [7, 11) is 0. The topological polar surface area (TPSA) is 36.4 Å². The number of pyridine rings is 1. The second-order valence-electron chi connectivity index (χ2n) is 8.17. The van der Waals surface area contributed by atoms with Crippen LogP contribution < -0.4 is 0 Å². The fourth-order valence-corrected chi connectivity index (χ4v) is 4.85. The van der Waals surface area contributed by atoms with Crippen LogP contribution in [-0.2, 0) is 13.1 Å². The van der Waals surface area contributed by atoms with Crippen molar-refractivity contribution >= 4 is 17.2 Å². The van der Waals surface area contributed by atoms with Gasteiger partial charge in [-0.05, 0) is 73.0 Å². The summed E-state index contributed by atoms with van der Waals surface area (Å²) >= 11 is 1.52. The van der Waals surface area contributed by atoms with Crippen molar-refractivity contribution in [3.8, 4) is 0 Å². The van der Waals surface area contributed by atoms with E-state index in [0.717, 1.165) is 49.5 Å². The molecule has 1 fully saturated rings. The molecule has 3 aromatic rings. The number of benzene rings is 1. The van der Waals surface area contributed by atoms with Crippen LogP contribution in [0.25, 0.3) is 0 Å². The van der Waals surface area contributed by atoms with E-state index >= 15 is 0 Å². The maximum absolute atomic E-state index is 13.1. The molecule has 0 aliphatic carbocycles. The fourth-order valence-electron chi connectivity index (χ4n) is 4.15. The van der Waals surface area contributed by atoms with E-state index in [1.165, 1.54) is 22.5 Å². The van der Waals surface area contributed by atoms with Crippen LogP contribution in [0.4, 0.5) is 0 Å². The summed E-state index contributed by atoms with van der Waals surface area (Å²) in [6.45, 7) is 6.82. The third-order valence-corrected chi connectivity index (χ3v) is 6.81. The molecule has 0 radical (unpaired) electrons. The quantitative estimate of drug-likeness (QED) is 0.540. The Kier molecular flexibility index (Phi) is 6.92. The Morgan fingerprint density at radius 1 is 1.13 bits per heavy atom. The van der Waals surface area contributed by atoms with Gasteiger partial charge in [0.25, 0.3) is 5.91 Å². The van der Waals surface area contributed by atoms with Gasteiger partial charge in [-0.2, -0.15) is 0 Å². The van der Waals surface area contributed by atoms with E-state index in [-0.39, 0.29) is 5.91 Å². The van der Waals surface area contributed by atoms with E-state index in [4.69, 9.17) is 0 Å². The highest BCUT2D eigenvalue weighted by molar-refractivity contribution is 7.12. The molecule has 0 spiro atoms. The standard InChI is InChI=1S/C25H29N3OS/c1-20-6-2-3-8-23(20)19-27-13-10-21(11-14-27)17-28(18-22-7-4-12-26-16-22)25(29)24-9-5-15-30-24/h2-9,12,15-16,21H,10-11,13-14,17-19H2,1H3. The Morgan fingerprint density at radius 3 is 2.67 bits per heavy atom. The van der Waals surface area contributed by atoms with Gasteiger partial charge in [-0.1, -0.05) is 36.4 Å². The van der Waals surface area contributed by atoms with E-state index in [0.29, 0.717) is 12.5 Å².